The molecule has 1 aliphatic rings. The molecule has 0 aromatic rings. The first-order valence-electron chi connectivity index (χ1n) is 4.77. The maximum absolute atomic E-state index is 7.50. The van der Waals surface area contributed by atoms with E-state index in [1.807, 2.05) is 0 Å². The van der Waals surface area contributed by atoms with Crippen molar-refractivity contribution in [2.45, 2.75) is 12.8 Å². The second-order valence-electron chi connectivity index (χ2n) is 1.43. The Kier molecular flexibility index (Phi) is 4740. The maximum Gasteiger partial charge on any atom is 0 e. The Morgan fingerprint density at radius 3 is 0.394 bits per heavy atom. The van der Waals surface area contributed by atoms with Crippen LogP contribution in [0.1, 0.15) is 12.8 Å². The summed E-state index contributed by atoms with van der Waals surface area (Å²) >= 11 is 0. The summed E-state index contributed by atoms with van der Waals surface area (Å²) in [6.07, 6.45) is 11.0. The third kappa shape index (κ3) is 1350. The molecule has 0 amide bonds. The summed E-state index contributed by atoms with van der Waals surface area (Å²) in [5.74, 6) is 0. The molecule has 1 aliphatic carbocycles. The van der Waals surface area contributed by atoms with Gasteiger partial charge in [-0.05, 0) is 12.8 Å². The van der Waals surface area contributed by atoms with Crippen molar-refractivity contribution in [1.82, 2.24) is 0 Å². The van der Waals surface area contributed by atoms with E-state index < -0.39 is 0 Å². The van der Waals surface area contributed by atoms with E-state index in [4.69, 9.17) is 55.8 Å². The van der Waals surface area contributed by atoms with E-state index in [1.54, 1.807) is 0 Å². The number of hydrogen-bond donors (Lipinski definition) is 0. The van der Waals surface area contributed by atoms with Gasteiger partial charge in [0.15, 0.2) is 0 Å². The zero-order valence-electron chi connectivity index (χ0n) is 15.7. The van der Waals surface area contributed by atoms with Crippen molar-refractivity contribution in [3.63, 3.8) is 0 Å². The summed E-state index contributed by atoms with van der Waals surface area (Å²) in [7, 11) is 0. The van der Waals surface area contributed by atoms with Crippen LogP contribution in [0, 0.1) is 79.8 Å². The van der Waals surface area contributed by atoms with Crippen LogP contribution in [0.25, 0.3) is 0 Å². The Balaban J connectivity index is -0.00000000844. The molecular formula is C18H8O12Ru3. The van der Waals surface area contributed by atoms with Crippen molar-refractivity contribution >= 4 is 0 Å². The average Bonchev–Trinajstić information content (AvgIpc) is 2.98. The average molecular weight is 719 g/mol. The molecule has 1 rings (SSSR count). The summed E-state index contributed by atoms with van der Waals surface area (Å²) in [6.45, 7) is 54.0. The monoisotopic (exact) mass is 722 g/mol. The molecule has 0 radical (unpaired) electrons. The number of hydrogen-bond acceptors (Lipinski definition) is 0. The summed E-state index contributed by atoms with van der Waals surface area (Å²) in [5, 5.41) is 0. The van der Waals surface area contributed by atoms with E-state index in [2.05, 4.69) is 104 Å². The largest absolute Gasteiger partial charge is 0 e. The molecule has 0 saturated heterocycles. The van der Waals surface area contributed by atoms with Crippen molar-refractivity contribution in [2.24, 2.45) is 0 Å². The van der Waals surface area contributed by atoms with E-state index in [9.17, 15) is 0 Å². The third-order valence-electron chi connectivity index (χ3n) is 0.883. The van der Waals surface area contributed by atoms with Gasteiger partial charge in [0.25, 0.3) is 0 Å². The molecular weight excluding hydrogens is 711 g/mol. The first-order chi connectivity index (χ1) is 15.0. The van der Waals surface area contributed by atoms with Gasteiger partial charge < -0.3 is 0 Å². The minimum atomic E-state index is 0. The zero-order chi connectivity index (χ0) is 28.2. The third-order valence-corrected chi connectivity index (χ3v) is 0.883. The van der Waals surface area contributed by atoms with Crippen molar-refractivity contribution in [3.8, 4) is 0 Å². The Bertz CT molecular complexity index is 374. The van der Waals surface area contributed by atoms with Crippen LogP contribution in [0.3, 0.4) is 0 Å². The SMILES string of the molecule is C1=CCCC=C1.[C-]#[O+].[C-]#[O+].[C-]#[O+].[C-]#[O+].[C-]#[O+].[C-]#[O+].[C-]#[O+].[C-]#[O+].[C-]#[O+].[C-]#[O+].[C-]#[O+].[C-]#[O+].[Ru].[Ru].[Ru]. The molecule has 0 saturated carbocycles. The van der Waals surface area contributed by atoms with E-state index in [0.29, 0.717) is 0 Å². The van der Waals surface area contributed by atoms with Crippen molar-refractivity contribution in [3.05, 3.63) is 104 Å². The quantitative estimate of drug-likeness (QED) is 0.196. The molecule has 0 N–H and O–H groups in total. The Morgan fingerprint density at radius 1 is 0.273 bits per heavy atom. The first-order valence-corrected chi connectivity index (χ1v) is 4.77. The Hall–Kier alpha value is -1.77. The first kappa shape index (κ1) is 108. The summed E-state index contributed by atoms with van der Waals surface area (Å²) < 4.78 is 90.0. The summed E-state index contributed by atoms with van der Waals surface area (Å²) in [4.78, 5) is 0. The van der Waals surface area contributed by atoms with E-state index in [-0.39, 0.29) is 58.4 Å². The van der Waals surface area contributed by atoms with Gasteiger partial charge in [-0.1, -0.05) is 24.3 Å². The van der Waals surface area contributed by atoms with Crippen molar-refractivity contribution in [2.75, 3.05) is 0 Å². The maximum atomic E-state index is 7.50. The summed E-state index contributed by atoms with van der Waals surface area (Å²) in [5.41, 5.74) is 0. The molecule has 0 spiro atoms. The normalized spacial score (nSPS) is 4.12. The van der Waals surface area contributed by atoms with Crippen LogP contribution in [-0.2, 0) is 114 Å². The van der Waals surface area contributed by atoms with Crippen molar-refractivity contribution < 1.29 is 114 Å². The summed E-state index contributed by atoms with van der Waals surface area (Å²) in [6, 6.07) is 0. The second-order valence-corrected chi connectivity index (χ2v) is 1.43. The molecule has 0 aromatic heterocycles. The predicted octanol–water partition coefficient (Wildman–Crippen LogP) is 1.43. The van der Waals surface area contributed by atoms with Gasteiger partial charge in [-0.15, -0.1) is 0 Å². The molecule has 0 bridgehead atoms. The van der Waals surface area contributed by atoms with Crippen LogP contribution in [0.15, 0.2) is 24.3 Å². The minimum absolute atomic E-state index is 0. The Labute approximate surface area is 230 Å². The standard InChI is InChI=1S/C6H8.12CO.3Ru/c1-2-4-6-5-3-1;12*1-2;;;/h1-4H,5-6H2;;;;;;;;;;;;;;;. The minimum Gasteiger partial charge on any atom is 0 e. The topological polar surface area (TPSA) is 239 Å². The van der Waals surface area contributed by atoms with Gasteiger partial charge in [0.2, 0.25) is 0 Å². The molecule has 15 heteroatoms. The molecule has 0 fully saturated rings. The molecule has 0 unspecified atom stereocenters. The molecule has 176 valence electrons. The van der Waals surface area contributed by atoms with Gasteiger partial charge in [-0.3, -0.25) is 0 Å². The second kappa shape index (κ2) is 1440. The van der Waals surface area contributed by atoms with E-state index in [1.165, 1.54) is 12.8 Å². The van der Waals surface area contributed by atoms with Crippen LogP contribution in [0.2, 0.25) is 0 Å². The number of allylic oxidation sites excluding steroid dienone is 4. The fraction of sp³-hybridized carbons (Fsp3) is 0.111. The smallest absolute Gasteiger partial charge is 0 e. The molecule has 0 heterocycles. The van der Waals surface area contributed by atoms with E-state index >= 15 is 0 Å². The van der Waals surface area contributed by atoms with Gasteiger partial charge in [-0.2, -0.15) is 0 Å². The van der Waals surface area contributed by atoms with E-state index in [0.717, 1.165) is 0 Å². The van der Waals surface area contributed by atoms with Gasteiger partial charge in [0.1, 0.15) is 0 Å². The van der Waals surface area contributed by atoms with Gasteiger partial charge >= 0.3 is 136 Å². The zero-order valence-corrected chi connectivity index (χ0v) is 20.9. The molecule has 0 atom stereocenters. The molecule has 0 aromatic carbocycles. The van der Waals surface area contributed by atoms with Crippen LogP contribution in [0.5, 0.6) is 0 Å². The molecule has 0 aliphatic heterocycles. The Morgan fingerprint density at radius 2 is 0.364 bits per heavy atom. The molecule has 33 heavy (non-hydrogen) atoms. The fourth-order valence-corrected chi connectivity index (χ4v) is 0.542. The van der Waals surface area contributed by atoms with Gasteiger partial charge in [0, 0.05) is 58.4 Å². The fourth-order valence-electron chi connectivity index (χ4n) is 0.542. The van der Waals surface area contributed by atoms with Gasteiger partial charge in [-0.25, -0.2) is 0 Å². The number of rotatable bonds is 0. The van der Waals surface area contributed by atoms with Crippen LogP contribution in [0.4, 0.5) is 0 Å². The van der Waals surface area contributed by atoms with Crippen LogP contribution >= 0.6 is 0 Å². The van der Waals surface area contributed by atoms with Gasteiger partial charge in [0.05, 0.1) is 0 Å². The van der Waals surface area contributed by atoms with Crippen molar-refractivity contribution in [1.29, 1.82) is 0 Å². The van der Waals surface area contributed by atoms with Crippen LogP contribution < -0.4 is 0 Å². The molecule has 12 nitrogen and oxygen atoms in total. The predicted molar refractivity (Wildman–Crippen MR) is 74.7 cm³/mol. The van der Waals surface area contributed by atoms with Crippen LogP contribution in [-0.4, -0.2) is 0 Å².